The molecule has 0 bridgehead atoms. The van der Waals surface area contributed by atoms with E-state index in [4.69, 9.17) is 37.4 Å². The molecular weight excluding hydrogens is 441 g/mol. The molecule has 2 aliphatic rings. The number of aryl methyl sites for hydroxylation is 1. The van der Waals surface area contributed by atoms with Crippen LogP contribution in [0.15, 0.2) is 36.8 Å². The molecule has 2 fully saturated rings. The van der Waals surface area contributed by atoms with Crippen molar-refractivity contribution in [3.63, 3.8) is 0 Å². The second-order valence-corrected chi connectivity index (χ2v) is 9.51. The molecule has 9 heteroatoms. The number of nitrogens with zero attached hydrogens (tertiary/aromatic N) is 3. The van der Waals surface area contributed by atoms with Crippen LogP contribution in [0.2, 0.25) is 10.2 Å². The Bertz CT molecular complexity index is 1170. The first-order valence-electron chi connectivity index (χ1n) is 10.1. The number of benzene rings is 1. The predicted octanol–water partition coefficient (Wildman–Crippen LogP) is 4.59. The highest BCUT2D eigenvalue weighted by Crippen LogP contribution is 2.53. The average molecular weight is 464 g/mol. The van der Waals surface area contributed by atoms with Gasteiger partial charge in [0.05, 0.1) is 5.39 Å². The molecule has 2 aliphatic heterocycles. The lowest BCUT2D eigenvalue weighted by Gasteiger charge is -2.32. The predicted molar refractivity (Wildman–Crippen MR) is 116 cm³/mol. The minimum absolute atomic E-state index is 0.363. The van der Waals surface area contributed by atoms with E-state index in [0.717, 1.165) is 5.56 Å². The van der Waals surface area contributed by atoms with Gasteiger partial charge in [0.1, 0.15) is 41.0 Å². The average Bonchev–Trinajstić information content (AvgIpc) is 3.31. The first-order valence-corrected chi connectivity index (χ1v) is 10.8. The second-order valence-electron chi connectivity index (χ2n) is 8.75. The van der Waals surface area contributed by atoms with Crippen LogP contribution in [0.3, 0.4) is 0 Å². The summed E-state index contributed by atoms with van der Waals surface area (Å²) < 4.78 is 20.9. The van der Waals surface area contributed by atoms with Gasteiger partial charge in [-0.2, -0.15) is 0 Å². The van der Waals surface area contributed by atoms with Crippen molar-refractivity contribution in [3.05, 3.63) is 58.1 Å². The fourth-order valence-corrected chi connectivity index (χ4v) is 5.03. The maximum absolute atomic E-state index is 11.3. The van der Waals surface area contributed by atoms with Crippen molar-refractivity contribution in [2.75, 3.05) is 0 Å². The number of fused-ring (bicyclic) bond motifs is 2. The van der Waals surface area contributed by atoms with E-state index in [0.29, 0.717) is 26.8 Å². The van der Waals surface area contributed by atoms with Gasteiger partial charge in [-0.3, -0.25) is 0 Å². The quantitative estimate of drug-likeness (QED) is 0.572. The molecule has 2 aromatic heterocycles. The number of aliphatic hydroxyl groups excluding tert-OH is 1. The molecule has 0 saturated carbocycles. The van der Waals surface area contributed by atoms with Crippen LogP contribution in [-0.4, -0.2) is 43.2 Å². The van der Waals surface area contributed by atoms with Gasteiger partial charge in [-0.15, -0.1) is 0 Å². The number of ether oxygens (including phenoxy) is 3. The smallest absolute Gasteiger partial charge is 0.165 e. The molecule has 4 heterocycles. The van der Waals surface area contributed by atoms with E-state index in [2.05, 4.69) is 9.97 Å². The highest BCUT2D eigenvalue weighted by molar-refractivity contribution is 6.33. The zero-order chi connectivity index (χ0) is 22.1. The van der Waals surface area contributed by atoms with Crippen LogP contribution in [0.1, 0.15) is 44.2 Å². The molecule has 31 heavy (non-hydrogen) atoms. The van der Waals surface area contributed by atoms with E-state index in [9.17, 15) is 5.11 Å². The van der Waals surface area contributed by atoms with Crippen molar-refractivity contribution in [1.82, 2.24) is 14.5 Å². The normalized spacial score (nSPS) is 30.6. The van der Waals surface area contributed by atoms with Crippen molar-refractivity contribution in [2.24, 2.45) is 0 Å². The third-order valence-corrected chi connectivity index (χ3v) is 6.82. The maximum Gasteiger partial charge on any atom is 0.165 e. The Kier molecular flexibility index (Phi) is 4.86. The van der Waals surface area contributed by atoms with Gasteiger partial charge in [0.2, 0.25) is 0 Å². The molecule has 0 radical (unpaired) electrons. The van der Waals surface area contributed by atoms with Gasteiger partial charge < -0.3 is 23.9 Å². The fraction of sp³-hybridized carbons (Fsp3) is 0.455. The molecule has 0 aliphatic carbocycles. The summed E-state index contributed by atoms with van der Waals surface area (Å²) in [5.41, 5.74) is 1.29. The lowest BCUT2D eigenvalue weighted by Crippen LogP contribution is -2.46. The summed E-state index contributed by atoms with van der Waals surface area (Å²) in [4.78, 5) is 8.43. The third-order valence-electron chi connectivity index (χ3n) is 6.10. The first-order chi connectivity index (χ1) is 14.6. The number of hydrogen-bond donors (Lipinski definition) is 1. The van der Waals surface area contributed by atoms with Crippen molar-refractivity contribution < 1.29 is 19.3 Å². The van der Waals surface area contributed by atoms with E-state index in [1.807, 2.05) is 50.6 Å². The molecule has 0 unspecified atom stereocenters. The molecule has 3 aromatic rings. The maximum atomic E-state index is 11.3. The van der Waals surface area contributed by atoms with Crippen LogP contribution in [0.5, 0.6) is 0 Å². The zero-order valence-electron chi connectivity index (χ0n) is 17.5. The summed E-state index contributed by atoms with van der Waals surface area (Å²) in [5, 5.41) is 13.0. The van der Waals surface area contributed by atoms with Gasteiger partial charge >= 0.3 is 0 Å². The van der Waals surface area contributed by atoms with Crippen LogP contribution in [0.25, 0.3) is 11.0 Å². The summed E-state index contributed by atoms with van der Waals surface area (Å²) >= 11 is 12.4. The molecule has 5 rings (SSSR count). The Morgan fingerprint density at radius 3 is 2.68 bits per heavy atom. The van der Waals surface area contributed by atoms with Gasteiger partial charge in [0.15, 0.2) is 12.0 Å². The van der Waals surface area contributed by atoms with Gasteiger partial charge in [0, 0.05) is 11.2 Å². The first kappa shape index (κ1) is 21.1. The molecule has 2 saturated heterocycles. The Morgan fingerprint density at radius 2 is 1.94 bits per heavy atom. The topological polar surface area (TPSA) is 78.6 Å². The van der Waals surface area contributed by atoms with E-state index in [1.165, 1.54) is 6.33 Å². The highest BCUT2D eigenvalue weighted by Gasteiger charge is 2.65. The Balaban J connectivity index is 1.58. The van der Waals surface area contributed by atoms with Gasteiger partial charge in [-0.25, -0.2) is 9.97 Å². The van der Waals surface area contributed by atoms with Crippen molar-refractivity contribution in [1.29, 1.82) is 0 Å². The molecule has 0 spiro atoms. The van der Waals surface area contributed by atoms with E-state index >= 15 is 0 Å². The van der Waals surface area contributed by atoms with Crippen LogP contribution >= 0.6 is 23.2 Å². The molecule has 164 valence electrons. The van der Waals surface area contributed by atoms with E-state index < -0.39 is 35.9 Å². The number of halogens is 2. The van der Waals surface area contributed by atoms with E-state index in [1.54, 1.807) is 12.1 Å². The van der Waals surface area contributed by atoms with Crippen molar-refractivity contribution in [3.8, 4) is 0 Å². The Morgan fingerprint density at radius 1 is 1.16 bits per heavy atom. The van der Waals surface area contributed by atoms with Gasteiger partial charge in [0.25, 0.3) is 0 Å². The lowest BCUT2D eigenvalue weighted by molar-refractivity contribution is -0.223. The Labute approximate surface area is 189 Å². The summed E-state index contributed by atoms with van der Waals surface area (Å²) in [7, 11) is 0. The zero-order valence-corrected chi connectivity index (χ0v) is 19.1. The van der Waals surface area contributed by atoms with Crippen LogP contribution in [0, 0.1) is 6.92 Å². The second kappa shape index (κ2) is 7.13. The number of aliphatic hydroxyl groups is 1. The van der Waals surface area contributed by atoms with Crippen molar-refractivity contribution in [2.45, 2.75) is 63.6 Å². The highest BCUT2D eigenvalue weighted by atomic mass is 35.5. The van der Waals surface area contributed by atoms with Gasteiger partial charge in [-0.05, 0) is 51.0 Å². The number of aromatic nitrogens is 3. The minimum atomic E-state index is -0.953. The number of rotatable bonds is 3. The molecule has 1 aromatic carbocycles. The number of hydrogen-bond acceptors (Lipinski definition) is 6. The monoisotopic (exact) mass is 463 g/mol. The van der Waals surface area contributed by atoms with Gasteiger partial charge in [-0.1, -0.05) is 35.3 Å². The van der Waals surface area contributed by atoms with Crippen LogP contribution in [-0.2, 0) is 14.2 Å². The summed E-state index contributed by atoms with van der Waals surface area (Å²) in [6.07, 6.45) is 0.536. The molecule has 1 N–H and O–H groups in total. The fourth-order valence-electron chi connectivity index (χ4n) is 4.72. The summed E-state index contributed by atoms with van der Waals surface area (Å²) in [6, 6.07) is 7.27. The van der Waals surface area contributed by atoms with Crippen LogP contribution in [0.4, 0.5) is 0 Å². The Hall–Kier alpha value is -1.74. The van der Waals surface area contributed by atoms with Crippen molar-refractivity contribution >= 4 is 34.2 Å². The van der Waals surface area contributed by atoms with E-state index in [-0.39, 0.29) is 0 Å². The summed E-state index contributed by atoms with van der Waals surface area (Å²) in [5.74, 6) is -0.842. The largest absolute Gasteiger partial charge is 0.386 e. The molecular formula is C22H23Cl2N3O4. The minimum Gasteiger partial charge on any atom is -0.386 e. The lowest BCUT2D eigenvalue weighted by atomic mass is 9.88. The summed E-state index contributed by atoms with van der Waals surface area (Å²) in [6.45, 7) is 7.53. The standard InChI is InChI=1S/C22H23Cl2N3O4/c1-11-9-12(5-6-14(11)23)15(28)16-22(4)17(30-21(2,3)31-22)20(29-16)27-8-7-13-18(24)25-10-26-19(13)27/h5-10,15-17,20,28H,1-4H3/t15-,16-,17+,20-,22-/m1/s1. The third kappa shape index (κ3) is 3.26. The molecule has 5 atom stereocenters. The SMILES string of the molecule is Cc1cc([C@@H](O)[C@H]2O[C@@H](n3ccc4c(Cl)ncnc43)[C@@H]3OC(C)(C)O[C@]23C)ccc1Cl. The van der Waals surface area contributed by atoms with Crippen LogP contribution < -0.4 is 0 Å². The molecule has 0 amide bonds. The molecule has 7 nitrogen and oxygen atoms in total.